The van der Waals surface area contributed by atoms with Crippen LogP contribution in [0, 0.1) is 11.7 Å². The third-order valence-corrected chi connectivity index (χ3v) is 7.39. The van der Waals surface area contributed by atoms with Crippen LogP contribution in [0.2, 0.25) is 0 Å². The molecule has 12 heteroatoms. The van der Waals surface area contributed by atoms with Crippen LogP contribution in [0.3, 0.4) is 0 Å². The molecule has 0 aromatic heterocycles. The molecule has 3 amide bonds. The molecule has 3 rings (SSSR count). The fourth-order valence-electron chi connectivity index (χ4n) is 3.61. The summed E-state index contributed by atoms with van der Waals surface area (Å²) in [4.78, 5) is 37.2. The van der Waals surface area contributed by atoms with Gasteiger partial charge in [-0.25, -0.2) is 27.2 Å². The van der Waals surface area contributed by atoms with E-state index in [1.807, 2.05) is 0 Å². The molecule has 1 aliphatic heterocycles. The van der Waals surface area contributed by atoms with Crippen LogP contribution in [0.5, 0.6) is 5.75 Å². The van der Waals surface area contributed by atoms with E-state index in [9.17, 15) is 27.2 Å². The first-order valence-corrected chi connectivity index (χ1v) is 13.4. The second kappa shape index (κ2) is 11.8. The molecular weight excluding hydrogens is 481 g/mol. The Morgan fingerprint density at radius 1 is 1.23 bits per heavy atom. The second-order valence-corrected chi connectivity index (χ2v) is 10.8. The Labute approximate surface area is 204 Å². The Morgan fingerprint density at radius 2 is 1.97 bits per heavy atom. The topological polar surface area (TPSA) is 122 Å². The molecule has 1 heterocycles. The molecule has 2 aliphatic rings. The summed E-state index contributed by atoms with van der Waals surface area (Å²) in [7, 11) is -3.59. The molecule has 194 valence electrons. The van der Waals surface area contributed by atoms with Crippen LogP contribution in [0.4, 0.5) is 9.18 Å². The predicted molar refractivity (Wildman–Crippen MR) is 124 cm³/mol. The largest absolute Gasteiger partial charge is 0.490 e. The van der Waals surface area contributed by atoms with Gasteiger partial charge in [-0.05, 0) is 56.2 Å². The summed E-state index contributed by atoms with van der Waals surface area (Å²) in [5.41, 5.74) is 0.608. The highest BCUT2D eigenvalue weighted by Gasteiger charge is 2.36. The van der Waals surface area contributed by atoms with Crippen LogP contribution in [-0.4, -0.2) is 68.3 Å². The van der Waals surface area contributed by atoms with Crippen molar-refractivity contribution in [3.05, 3.63) is 29.6 Å². The Balaban J connectivity index is 1.39. The average molecular weight is 514 g/mol. The van der Waals surface area contributed by atoms with Crippen LogP contribution in [0.1, 0.15) is 57.6 Å². The van der Waals surface area contributed by atoms with Gasteiger partial charge < -0.3 is 14.4 Å². The minimum Gasteiger partial charge on any atom is -0.490 e. The van der Waals surface area contributed by atoms with Gasteiger partial charge in [0.15, 0.2) is 18.3 Å². The highest BCUT2D eigenvalue weighted by Crippen LogP contribution is 2.31. The molecule has 1 atom stereocenters. The van der Waals surface area contributed by atoms with Crippen molar-refractivity contribution in [2.45, 2.75) is 52.0 Å². The normalized spacial score (nSPS) is 17.1. The average Bonchev–Trinajstić information content (AvgIpc) is 3.57. The highest BCUT2D eigenvalue weighted by molar-refractivity contribution is 7.89. The quantitative estimate of drug-likeness (QED) is 0.230. The molecule has 0 bridgehead atoms. The first-order valence-electron chi connectivity index (χ1n) is 11.7. The fourth-order valence-corrected chi connectivity index (χ4v) is 4.99. The molecule has 0 spiro atoms. The van der Waals surface area contributed by atoms with E-state index in [-0.39, 0.29) is 18.0 Å². The van der Waals surface area contributed by atoms with Crippen LogP contribution in [0.25, 0.3) is 0 Å². The molecule has 10 nitrogen and oxygen atoms in total. The maximum absolute atomic E-state index is 14.0. The zero-order valence-electron chi connectivity index (χ0n) is 20.0. The maximum atomic E-state index is 14.0. The van der Waals surface area contributed by atoms with Gasteiger partial charge in [0.05, 0.1) is 12.4 Å². The summed E-state index contributed by atoms with van der Waals surface area (Å²) in [5.74, 6) is -1.01. The van der Waals surface area contributed by atoms with Gasteiger partial charge >= 0.3 is 12.0 Å². The summed E-state index contributed by atoms with van der Waals surface area (Å²) in [6.45, 7) is 3.13. The highest BCUT2D eigenvalue weighted by atomic mass is 32.2. The molecule has 1 aliphatic carbocycles. The number of benzene rings is 1. The maximum Gasteiger partial charge on any atom is 0.330 e. The number of urea groups is 1. The number of unbranched alkanes of at least 4 members (excludes halogenated alkanes) is 2. The lowest BCUT2D eigenvalue weighted by atomic mass is 10.1. The Bertz CT molecular complexity index is 1050. The van der Waals surface area contributed by atoms with E-state index in [0.29, 0.717) is 43.9 Å². The van der Waals surface area contributed by atoms with Crippen LogP contribution in [0.15, 0.2) is 18.2 Å². The van der Waals surface area contributed by atoms with Crippen molar-refractivity contribution in [3.63, 3.8) is 0 Å². The number of carbonyl (C=O) groups excluding carboxylic acids is 3. The number of esters is 1. The van der Waals surface area contributed by atoms with Gasteiger partial charge in [-0.2, -0.15) is 0 Å². The van der Waals surface area contributed by atoms with Crippen molar-refractivity contribution < 1.29 is 36.7 Å². The van der Waals surface area contributed by atoms with E-state index < -0.39 is 46.5 Å². The van der Waals surface area contributed by atoms with Crippen LogP contribution < -0.4 is 9.46 Å². The monoisotopic (exact) mass is 513 g/mol. The molecule has 0 radical (unpaired) electrons. The van der Waals surface area contributed by atoms with Gasteiger partial charge in [0, 0.05) is 19.5 Å². The lowest BCUT2D eigenvalue weighted by molar-refractivity contribution is -0.146. The fraction of sp³-hybridized carbons (Fsp3) is 0.609. The Hall–Kier alpha value is -2.73. The number of nitrogens with zero attached hydrogens (tertiary/aromatic N) is 2. The number of sulfonamides is 1. The van der Waals surface area contributed by atoms with E-state index >= 15 is 0 Å². The first-order chi connectivity index (χ1) is 16.6. The van der Waals surface area contributed by atoms with E-state index in [2.05, 4.69) is 4.72 Å². The number of amides is 3. The van der Waals surface area contributed by atoms with E-state index in [1.54, 1.807) is 6.92 Å². The van der Waals surface area contributed by atoms with Gasteiger partial charge in [-0.1, -0.05) is 12.5 Å². The number of carbonyl (C=O) groups is 3. The zero-order valence-corrected chi connectivity index (χ0v) is 20.8. The third kappa shape index (κ3) is 8.17. The lowest BCUT2D eigenvalue weighted by Crippen LogP contribution is -2.35. The van der Waals surface area contributed by atoms with Gasteiger partial charge in [0.25, 0.3) is 5.91 Å². The molecular formula is C23H32FN3O7S. The summed E-state index contributed by atoms with van der Waals surface area (Å²) < 4.78 is 51.9. The standard InChI is InChI=1S/C23H32FN3O7S/c1-16(19-8-9-20(24)21(12-19)33-14-18-6-7-18)25-35(31,32)11-5-3-4-10-26-13-22(29)27(23(26)30)15-34-17(2)28/h8-9,12,16,18,25H,3-7,10-11,13-15H2,1-2H3/t16-/m1/s1. The van der Waals surface area contributed by atoms with Crippen LogP contribution in [-0.2, 0) is 24.3 Å². The minimum atomic E-state index is -3.59. The van der Waals surface area contributed by atoms with Crippen molar-refractivity contribution in [2.75, 3.05) is 32.2 Å². The smallest absolute Gasteiger partial charge is 0.330 e. The first kappa shape index (κ1) is 26.9. The molecule has 35 heavy (non-hydrogen) atoms. The third-order valence-electron chi connectivity index (χ3n) is 5.85. The van der Waals surface area contributed by atoms with Crippen molar-refractivity contribution in [3.8, 4) is 5.75 Å². The SMILES string of the molecule is CC(=O)OCN1C(=O)CN(CCCCCS(=O)(=O)N[C@H](C)c2ccc(F)c(OCC3CC3)c2)C1=O. The van der Waals surface area contributed by atoms with E-state index in [1.165, 1.54) is 30.0 Å². The molecule has 0 unspecified atom stereocenters. The summed E-state index contributed by atoms with van der Waals surface area (Å²) >= 11 is 0. The van der Waals surface area contributed by atoms with Crippen LogP contribution >= 0.6 is 0 Å². The van der Waals surface area contributed by atoms with E-state index in [4.69, 9.17) is 9.47 Å². The second-order valence-electron chi connectivity index (χ2n) is 8.95. The van der Waals surface area contributed by atoms with Gasteiger partial charge in [-0.15, -0.1) is 0 Å². The summed E-state index contributed by atoms with van der Waals surface area (Å²) in [5, 5.41) is 0. The Kier molecular flexibility index (Phi) is 9.06. The summed E-state index contributed by atoms with van der Waals surface area (Å²) in [6, 6.07) is 3.26. The number of hydrogen-bond donors (Lipinski definition) is 1. The molecule has 1 saturated carbocycles. The Morgan fingerprint density at radius 3 is 2.66 bits per heavy atom. The van der Waals surface area contributed by atoms with Gasteiger partial charge in [0.2, 0.25) is 10.0 Å². The number of imide groups is 1. The van der Waals surface area contributed by atoms with Gasteiger partial charge in [0.1, 0.15) is 6.54 Å². The van der Waals surface area contributed by atoms with Crippen molar-refractivity contribution >= 4 is 27.9 Å². The van der Waals surface area contributed by atoms with Crippen molar-refractivity contribution in [2.24, 2.45) is 5.92 Å². The molecule has 1 aromatic carbocycles. The number of hydrogen-bond acceptors (Lipinski definition) is 7. The number of ether oxygens (including phenoxy) is 2. The van der Waals surface area contributed by atoms with Crippen molar-refractivity contribution in [1.82, 2.24) is 14.5 Å². The number of rotatable bonds is 14. The van der Waals surface area contributed by atoms with E-state index in [0.717, 1.165) is 17.7 Å². The van der Waals surface area contributed by atoms with Gasteiger partial charge in [-0.3, -0.25) is 9.59 Å². The van der Waals surface area contributed by atoms with Crippen molar-refractivity contribution in [1.29, 1.82) is 0 Å². The minimum absolute atomic E-state index is 0.0957. The molecule has 1 N–H and O–H groups in total. The molecule has 2 fully saturated rings. The molecule has 1 saturated heterocycles. The predicted octanol–water partition coefficient (Wildman–Crippen LogP) is 2.55. The number of halogens is 1. The number of nitrogens with one attached hydrogen (secondary N) is 1. The molecule has 1 aromatic rings. The summed E-state index contributed by atoms with van der Waals surface area (Å²) in [6.07, 6.45) is 3.59. The lowest BCUT2D eigenvalue weighted by Gasteiger charge is -2.17. The zero-order chi connectivity index (χ0) is 25.6.